The molecule has 2 aromatic rings. The molecule has 2 aliphatic heterocycles. The molecule has 3 heterocycles. The Morgan fingerprint density at radius 1 is 0.879 bits per heavy atom. The minimum absolute atomic E-state index is 0.0145. The van der Waals surface area contributed by atoms with Crippen LogP contribution in [0.3, 0.4) is 0 Å². The van der Waals surface area contributed by atoms with Crippen LogP contribution in [0, 0.1) is 11.8 Å². The van der Waals surface area contributed by atoms with Crippen molar-refractivity contribution < 1.29 is 53.3 Å². The number of carbonyl (C=O) groups is 8. The first-order chi connectivity index (χ1) is 31.5. The number of nitrogens with one attached hydrogen (secondary N) is 7. The molecule has 19 nitrogen and oxygen atoms in total. The first kappa shape index (κ1) is 52.8. The van der Waals surface area contributed by atoms with Gasteiger partial charge >= 0.3 is 11.9 Å². The van der Waals surface area contributed by atoms with Gasteiger partial charge in [0.05, 0.1) is 19.3 Å². The van der Waals surface area contributed by atoms with Gasteiger partial charge in [-0.15, -0.1) is 0 Å². The number of H-pyrrole nitrogens is 1. The summed E-state index contributed by atoms with van der Waals surface area (Å²) >= 11 is 0. The van der Waals surface area contributed by atoms with Gasteiger partial charge in [-0.05, 0) is 68.4 Å². The minimum Gasteiger partial charge on any atom is -0.480 e. The van der Waals surface area contributed by atoms with Crippen LogP contribution in [0.1, 0.15) is 104 Å². The number of benzene rings is 1. The van der Waals surface area contributed by atoms with E-state index >= 15 is 0 Å². The average molecular weight is 923 g/mol. The number of carboxylic acids is 1. The molecular weight excluding hydrogens is 853 g/mol. The number of rotatable bonds is 25. The van der Waals surface area contributed by atoms with Gasteiger partial charge in [0.2, 0.25) is 35.4 Å². The molecule has 66 heavy (non-hydrogen) atoms. The number of hydrogen-bond acceptors (Lipinski definition) is 11. The van der Waals surface area contributed by atoms with E-state index in [1.165, 1.54) is 24.2 Å². The molecule has 9 N–H and O–H groups in total. The van der Waals surface area contributed by atoms with Crippen LogP contribution in [-0.2, 0) is 49.5 Å². The summed E-state index contributed by atoms with van der Waals surface area (Å²) in [6.45, 7) is 9.75. The molecule has 0 aliphatic carbocycles. The second-order valence-corrected chi connectivity index (χ2v) is 17.8. The number of aromatic amines is 1. The standard InChI is InChI=1S/C47H70N8O11/c1-7-9-16-33(50-41(58)34(18-12-13-20-39(57)66-6)51-43(60)35-24-30(56)26-49-35)42(59)54-40(28(5)8-2)45(62)52-36(22-27(3)4)46(63)55-21-14-19-38(55)44(61)53-37(47(64)65)23-29-25-48-32-17-11-10-15-31(29)32/h10-11,13,15,17,20,25,27-28,30,33-38,40,48-49,56H,7-9,12,14,16,18-19,21-24,26H2,1-6H3,(H,50,58)(H,51,60)(H,52,62)(H,53,61)(H,54,59)(H,64,65)/b20-13+/t28?,30?,33-,34-,35-,36-,37-,38-,40-/m0/s1. The fourth-order valence-corrected chi connectivity index (χ4v) is 8.32. The van der Waals surface area contributed by atoms with Gasteiger partial charge in [0, 0.05) is 42.7 Å². The molecule has 1 aromatic carbocycles. The number of carboxylic acid groups (broad SMARTS) is 1. The number of aliphatic hydroxyl groups excluding tert-OH is 1. The summed E-state index contributed by atoms with van der Waals surface area (Å²) in [7, 11) is 1.23. The molecule has 0 radical (unpaired) electrons. The lowest BCUT2D eigenvalue weighted by molar-refractivity contribution is -0.145. The van der Waals surface area contributed by atoms with Gasteiger partial charge in [-0.3, -0.25) is 28.8 Å². The highest BCUT2D eigenvalue weighted by Crippen LogP contribution is 2.23. The summed E-state index contributed by atoms with van der Waals surface area (Å²) < 4.78 is 4.63. The van der Waals surface area contributed by atoms with Gasteiger partial charge in [0.25, 0.3) is 0 Å². The molecule has 364 valence electrons. The number of carbonyl (C=O) groups excluding carboxylic acids is 7. The van der Waals surface area contributed by atoms with Crippen LogP contribution in [0.15, 0.2) is 42.6 Å². The third kappa shape index (κ3) is 15.1. The smallest absolute Gasteiger partial charge is 0.330 e. The molecule has 2 aliphatic rings. The monoisotopic (exact) mass is 923 g/mol. The van der Waals surface area contributed by atoms with E-state index in [1.54, 1.807) is 13.1 Å². The van der Waals surface area contributed by atoms with Crippen molar-refractivity contribution in [1.29, 1.82) is 0 Å². The second kappa shape index (κ2) is 25.8. The van der Waals surface area contributed by atoms with Crippen molar-refractivity contribution in [2.45, 2.75) is 154 Å². The quantitative estimate of drug-likeness (QED) is 0.0509. The topological polar surface area (TPSA) is 277 Å². The number of aliphatic hydroxyl groups is 1. The van der Waals surface area contributed by atoms with Gasteiger partial charge < -0.3 is 56.7 Å². The van der Waals surface area contributed by atoms with Crippen LogP contribution >= 0.6 is 0 Å². The predicted octanol–water partition coefficient (Wildman–Crippen LogP) is 1.72. The van der Waals surface area contributed by atoms with Crippen molar-refractivity contribution in [2.75, 3.05) is 20.2 Å². The number of aromatic nitrogens is 1. The molecule has 9 atom stereocenters. The van der Waals surface area contributed by atoms with Crippen molar-refractivity contribution >= 4 is 58.3 Å². The molecular formula is C47H70N8O11. The number of unbranched alkanes of at least 4 members (excludes halogenated alkanes) is 1. The summed E-state index contributed by atoms with van der Waals surface area (Å²) in [5.41, 5.74) is 1.55. The Morgan fingerprint density at radius 2 is 1.56 bits per heavy atom. The zero-order valence-corrected chi connectivity index (χ0v) is 39.0. The number of likely N-dealkylation sites (tertiary alicyclic amines) is 1. The third-order valence-corrected chi connectivity index (χ3v) is 12.3. The number of fused-ring (bicyclic) bond motifs is 1. The normalized spacial score (nSPS) is 19.9. The Labute approximate surface area is 386 Å². The molecule has 2 fully saturated rings. The molecule has 2 saturated heterocycles. The second-order valence-electron chi connectivity index (χ2n) is 17.8. The highest BCUT2D eigenvalue weighted by atomic mass is 16.5. The Kier molecular flexibility index (Phi) is 20.6. The predicted molar refractivity (Wildman–Crippen MR) is 245 cm³/mol. The first-order valence-electron chi connectivity index (χ1n) is 23.2. The molecule has 0 bridgehead atoms. The number of para-hydroxylation sites is 1. The van der Waals surface area contributed by atoms with E-state index in [9.17, 15) is 48.6 Å². The van der Waals surface area contributed by atoms with E-state index in [2.05, 4.69) is 41.6 Å². The van der Waals surface area contributed by atoms with Crippen molar-refractivity contribution in [2.24, 2.45) is 11.8 Å². The summed E-state index contributed by atoms with van der Waals surface area (Å²) in [4.78, 5) is 112. The van der Waals surface area contributed by atoms with Crippen molar-refractivity contribution in [3.63, 3.8) is 0 Å². The van der Waals surface area contributed by atoms with Gasteiger partial charge in [0.15, 0.2) is 0 Å². The SMILES string of the molecule is CCCC[C@H](NC(=O)[C@H](CC/C=C/C(=O)OC)NC(=O)[C@@H]1CC(O)CN1)C(=O)N[C@H](C(=O)N[C@@H](CC(C)C)C(=O)N1CCC[C@H]1C(=O)N[C@@H](Cc1c[nH]c2ccccc12)C(=O)O)C(C)CC. The summed E-state index contributed by atoms with van der Waals surface area (Å²) in [5.74, 6) is -5.87. The number of aliphatic carboxylic acids is 1. The van der Waals surface area contributed by atoms with E-state index in [0.29, 0.717) is 37.7 Å². The Balaban J connectivity index is 1.48. The lowest BCUT2D eigenvalue weighted by Crippen LogP contribution is -2.61. The van der Waals surface area contributed by atoms with Crippen LogP contribution in [0.25, 0.3) is 10.9 Å². The van der Waals surface area contributed by atoms with Crippen LogP contribution in [0.4, 0.5) is 0 Å². The zero-order valence-electron chi connectivity index (χ0n) is 39.0. The largest absolute Gasteiger partial charge is 0.480 e. The molecule has 6 amide bonds. The number of methoxy groups -OCH3 is 1. The Bertz CT molecular complexity index is 2040. The van der Waals surface area contributed by atoms with Crippen LogP contribution in [0.2, 0.25) is 0 Å². The number of nitrogens with zero attached hydrogens (tertiary/aromatic N) is 1. The van der Waals surface area contributed by atoms with E-state index in [0.717, 1.165) is 10.9 Å². The number of hydrogen-bond donors (Lipinski definition) is 9. The fraction of sp³-hybridized carbons (Fsp3) is 0.617. The molecule has 4 rings (SSSR count). The summed E-state index contributed by atoms with van der Waals surface area (Å²) in [5, 5.41) is 37.7. The summed E-state index contributed by atoms with van der Waals surface area (Å²) in [6, 6.07) is -0.00265. The number of β-amino-alcohol motifs (C(OH)–C–C–N with tert-alkyl or cyclic N) is 1. The van der Waals surface area contributed by atoms with Crippen LogP contribution in [-0.4, -0.2) is 136 Å². The van der Waals surface area contributed by atoms with Gasteiger partial charge in [-0.1, -0.05) is 78.2 Å². The van der Waals surface area contributed by atoms with Gasteiger partial charge in [-0.25, -0.2) is 9.59 Å². The van der Waals surface area contributed by atoms with Crippen LogP contribution in [0.5, 0.6) is 0 Å². The van der Waals surface area contributed by atoms with Crippen LogP contribution < -0.4 is 31.9 Å². The van der Waals surface area contributed by atoms with E-state index in [1.807, 2.05) is 52.0 Å². The van der Waals surface area contributed by atoms with E-state index in [4.69, 9.17) is 0 Å². The third-order valence-electron chi connectivity index (χ3n) is 12.3. The Morgan fingerprint density at radius 3 is 2.21 bits per heavy atom. The molecule has 0 saturated carbocycles. The van der Waals surface area contributed by atoms with Crippen molar-refractivity contribution in [3.05, 3.63) is 48.2 Å². The molecule has 0 spiro atoms. The number of allylic oxidation sites excluding steroid dienone is 1. The fourth-order valence-electron chi connectivity index (χ4n) is 8.32. The highest BCUT2D eigenvalue weighted by Gasteiger charge is 2.41. The lowest BCUT2D eigenvalue weighted by Gasteiger charge is -2.32. The average Bonchev–Trinajstić information content (AvgIpc) is 4.07. The Hall–Kier alpha value is -5.82. The number of ether oxygens (including phenoxy) is 1. The van der Waals surface area contributed by atoms with E-state index < -0.39 is 102 Å². The maximum atomic E-state index is 14.4. The van der Waals surface area contributed by atoms with Crippen molar-refractivity contribution in [3.8, 4) is 0 Å². The molecule has 19 heteroatoms. The lowest BCUT2D eigenvalue weighted by atomic mass is 9.95. The van der Waals surface area contributed by atoms with Crippen molar-refractivity contribution in [1.82, 2.24) is 41.8 Å². The molecule has 2 unspecified atom stereocenters. The first-order valence-corrected chi connectivity index (χ1v) is 23.2. The van der Waals surface area contributed by atoms with E-state index in [-0.39, 0.29) is 57.5 Å². The maximum Gasteiger partial charge on any atom is 0.330 e. The number of esters is 1. The highest BCUT2D eigenvalue weighted by molar-refractivity contribution is 5.97. The van der Waals surface area contributed by atoms with Gasteiger partial charge in [0.1, 0.15) is 36.3 Å². The summed E-state index contributed by atoms with van der Waals surface area (Å²) in [6.07, 6.45) is 7.00. The minimum atomic E-state index is -1.27. The maximum absolute atomic E-state index is 14.4. The molecule has 1 aromatic heterocycles. The van der Waals surface area contributed by atoms with Gasteiger partial charge in [-0.2, -0.15) is 0 Å². The zero-order chi connectivity index (χ0) is 48.5. The number of amides is 6.